The van der Waals surface area contributed by atoms with E-state index in [0.29, 0.717) is 38.4 Å². The van der Waals surface area contributed by atoms with Gasteiger partial charge in [-0.1, -0.05) is 0 Å². The van der Waals surface area contributed by atoms with Gasteiger partial charge in [-0.25, -0.2) is 0 Å². The highest BCUT2D eigenvalue weighted by atomic mass is 16.6. The molecule has 1 saturated heterocycles. The fraction of sp³-hybridized carbons (Fsp3) is 0.583. The maximum Gasteiger partial charge on any atom is 0.287 e. The second kappa shape index (κ2) is 6.02. The number of hydrogen-bond acceptors (Lipinski definition) is 5. The summed E-state index contributed by atoms with van der Waals surface area (Å²) in [7, 11) is 1.63. The van der Waals surface area contributed by atoms with E-state index in [1.54, 1.807) is 11.9 Å². The van der Waals surface area contributed by atoms with Crippen molar-refractivity contribution in [3.05, 3.63) is 28.1 Å². The van der Waals surface area contributed by atoms with Crippen molar-refractivity contribution in [3.63, 3.8) is 0 Å². The molecule has 20 heavy (non-hydrogen) atoms. The Morgan fingerprint density at radius 2 is 2.05 bits per heavy atom. The van der Waals surface area contributed by atoms with Gasteiger partial charge in [-0.15, -0.1) is 0 Å². The molecule has 0 atom stereocenters. The molecule has 2 heterocycles. The number of aliphatic hydroxyl groups is 1. The number of rotatable bonds is 4. The fourth-order valence-corrected chi connectivity index (χ4v) is 2.34. The Balaban J connectivity index is 2.03. The van der Waals surface area contributed by atoms with Crippen molar-refractivity contribution in [2.75, 3.05) is 39.3 Å². The highest BCUT2D eigenvalue weighted by molar-refractivity contribution is 5.93. The Hall–Kier alpha value is -1.93. The van der Waals surface area contributed by atoms with Crippen LogP contribution in [-0.2, 0) is 7.05 Å². The minimum absolute atomic E-state index is 0.0743. The van der Waals surface area contributed by atoms with Crippen LogP contribution < -0.4 is 0 Å². The van der Waals surface area contributed by atoms with Crippen LogP contribution in [0.4, 0.5) is 5.69 Å². The molecule has 1 aliphatic heterocycles. The number of aromatic nitrogens is 1. The summed E-state index contributed by atoms with van der Waals surface area (Å²) in [6.45, 7) is 3.27. The number of nitrogens with zero attached hydrogens (tertiary/aromatic N) is 4. The largest absolute Gasteiger partial charge is 0.395 e. The Bertz CT molecular complexity index is 506. The Morgan fingerprint density at radius 1 is 1.40 bits per heavy atom. The lowest BCUT2D eigenvalue weighted by atomic mass is 10.2. The van der Waals surface area contributed by atoms with E-state index in [-0.39, 0.29) is 18.2 Å². The molecule has 1 aliphatic rings. The van der Waals surface area contributed by atoms with Crippen LogP contribution in [0.25, 0.3) is 0 Å². The normalized spacial score (nSPS) is 16.4. The van der Waals surface area contributed by atoms with Crippen LogP contribution in [0.3, 0.4) is 0 Å². The van der Waals surface area contributed by atoms with Gasteiger partial charge in [-0.05, 0) is 0 Å². The third kappa shape index (κ3) is 2.97. The number of nitro groups is 1. The topological polar surface area (TPSA) is 91.8 Å². The molecule has 0 aromatic carbocycles. The molecule has 1 aromatic heterocycles. The minimum Gasteiger partial charge on any atom is -0.395 e. The molecule has 0 radical (unpaired) electrons. The van der Waals surface area contributed by atoms with Gasteiger partial charge in [-0.3, -0.25) is 19.8 Å². The molecule has 1 N–H and O–H groups in total. The van der Waals surface area contributed by atoms with Gasteiger partial charge in [0.1, 0.15) is 5.69 Å². The Kier molecular flexibility index (Phi) is 4.35. The number of aryl methyl sites for hydroxylation is 1. The predicted octanol–water partition coefficient (Wildman–Crippen LogP) is -0.317. The standard InChI is InChI=1S/C12H18N4O4/c1-13-9-10(16(19)20)8-11(13)12(18)15-4-2-14(3-5-15)6-7-17/h8-9,17H,2-7H2,1H3. The first-order chi connectivity index (χ1) is 9.52. The maximum absolute atomic E-state index is 12.3. The van der Waals surface area contributed by atoms with Gasteiger partial charge in [-0.2, -0.15) is 0 Å². The third-order valence-electron chi connectivity index (χ3n) is 3.50. The Morgan fingerprint density at radius 3 is 2.55 bits per heavy atom. The molecule has 2 rings (SSSR count). The van der Waals surface area contributed by atoms with Gasteiger partial charge in [0, 0.05) is 45.8 Å². The van der Waals surface area contributed by atoms with Crippen LogP contribution in [-0.4, -0.2) is 69.6 Å². The number of amides is 1. The van der Waals surface area contributed by atoms with Crippen LogP contribution in [0.1, 0.15) is 10.5 Å². The lowest BCUT2D eigenvalue weighted by Crippen LogP contribution is -2.49. The van der Waals surface area contributed by atoms with Crippen molar-refractivity contribution < 1.29 is 14.8 Å². The van der Waals surface area contributed by atoms with E-state index < -0.39 is 4.92 Å². The zero-order valence-electron chi connectivity index (χ0n) is 11.4. The molecular formula is C12H18N4O4. The summed E-state index contributed by atoms with van der Waals surface area (Å²) in [4.78, 5) is 26.3. The summed E-state index contributed by atoms with van der Waals surface area (Å²) in [5.74, 6) is -0.191. The molecule has 0 unspecified atom stereocenters. The number of β-amino-alcohol motifs (C(OH)–C–C–N with tert-alkyl or cyclic N) is 1. The van der Waals surface area contributed by atoms with Gasteiger partial charge < -0.3 is 14.6 Å². The zero-order valence-corrected chi connectivity index (χ0v) is 11.4. The van der Waals surface area contributed by atoms with E-state index in [0.717, 1.165) is 0 Å². The highest BCUT2D eigenvalue weighted by Crippen LogP contribution is 2.17. The molecule has 8 nitrogen and oxygen atoms in total. The number of carbonyl (C=O) groups excluding carboxylic acids is 1. The minimum atomic E-state index is -0.504. The second-order valence-electron chi connectivity index (χ2n) is 4.81. The second-order valence-corrected chi connectivity index (χ2v) is 4.81. The highest BCUT2D eigenvalue weighted by Gasteiger charge is 2.25. The van der Waals surface area contributed by atoms with Gasteiger partial charge in [0.2, 0.25) is 0 Å². The van der Waals surface area contributed by atoms with E-state index in [1.807, 2.05) is 0 Å². The molecule has 1 amide bonds. The molecule has 1 aromatic rings. The summed E-state index contributed by atoms with van der Waals surface area (Å²) in [6.07, 6.45) is 1.34. The maximum atomic E-state index is 12.3. The summed E-state index contributed by atoms with van der Waals surface area (Å²) in [6, 6.07) is 1.31. The monoisotopic (exact) mass is 282 g/mol. The van der Waals surface area contributed by atoms with Gasteiger partial charge in [0.25, 0.3) is 11.6 Å². The summed E-state index contributed by atoms with van der Waals surface area (Å²) >= 11 is 0. The molecule has 0 aliphatic carbocycles. The van der Waals surface area contributed by atoms with Gasteiger partial charge in [0.05, 0.1) is 17.7 Å². The van der Waals surface area contributed by atoms with Crippen molar-refractivity contribution in [1.82, 2.24) is 14.4 Å². The molecule has 1 fully saturated rings. The first-order valence-corrected chi connectivity index (χ1v) is 6.46. The molecular weight excluding hydrogens is 264 g/mol. The van der Waals surface area contributed by atoms with Crippen LogP contribution in [0, 0.1) is 10.1 Å². The van der Waals surface area contributed by atoms with Crippen molar-refractivity contribution in [1.29, 1.82) is 0 Å². The zero-order chi connectivity index (χ0) is 14.7. The molecule has 110 valence electrons. The van der Waals surface area contributed by atoms with Crippen molar-refractivity contribution in [2.45, 2.75) is 0 Å². The lowest BCUT2D eigenvalue weighted by molar-refractivity contribution is -0.384. The van der Waals surface area contributed by atoms with Crippen molar-refractivity contribution in [3.8, 4) is 0 Å². The van der Waals surface area contributed by atoms with Crippen LogP contribution in [0.2, 0.25) is 0 Å². The summed E-state index contributed by atoms with van der Waals surface area (Å²) in [5, 5.41) is 19.6. The first-order valence-electron chi connectivity index (χ1n) is 6.46. The van der Waals surface area contributed by atoms with Gasteiger partial charge >= 0.3 is 0 Å². The number of carbonyl (C=O) groups is 1. The molecule has 0 bridgehead atoms. The van der Waals surface area contributed by atoms with Gasteiger partial charge in [0.15, 0.2) is 0 Å². The molecule has 8 heteroatoms. The number of aliphatic hydroxyl groups excluding tert-OH is 1. The lowest BCUT2D eigenvalue weighted by Gasteiger charge is -2.34. The number of piperazine rings is 1. The van der Waals surface area contributed by atoms with Crippen LogP contribution in [0.5, 0.6) is 0 Å². The summed E-state index contributed by atoms with van der Waals surface area (Å²) < 4.78 is 1.49. The van der Waals surface area contributed by atoms with E-state index in [2.05, 4.69) is 4.90 Å². The van der Waals surface area contributed by atoms with E-state index in [1.165, 1.54) is 16.8 Å². The van der Waals surface area contributed by atoms with Crippen LogP contribution >= 0.6 is 0 Å². The SMILES string of the molecule is Cn1cc([N+](=O)[O-])cc1C(=O)N1CCN(CCO)CC1. The first kappa shape index (κ1) is 14.5. The predicted molar refractivity (Wildman–Crippen MR) is 71.5 cm³/mol. The van der Waals surface area contributed by atoms with E-state index >= 15 is 0 Å². The average Bonchev–Trinajstić information content (AvgIpc) is 2.81. The fourth-order valence-electron chi connectivity index (χ4n) is 2.34. The van der Waals surface area contributed by atoms with E-state index in [4.69, 9.17) is 5.11 Å². The van der Waals surface area contributed by atoms with Crippen LogP contribution in [0.15, 0.2) is 12.3 Å². The summed E-state index contributed by atoms with van der Waals surface area (Å²) in [5.41, 5.74) is 0.252. The molecule has 0 spiro atoms. The van der Waals surface area contributed by atoms with E-state index in [9.17, 15) is 14.9 Å². The van der Waals surface area contributed by atoms with Crippen molar-refractivity contribution >= 4 is 11.6 Å². The Labute approximate surface area is 116 Å². The third-order valence-corrected chi connectivity index (χ3v) is 3.50. The smallest absolute Gasteiger partial charge is 0.287 e. The molecule has 0 saturated carbocycles. The quantitative estimate of drug-likeness (QED) is 0.604. The van der Waals surface area contributed by atoms with Crippen molar-refractivity contribution in [2.24, 2.45) is 7.05 Å². The average molecular weight is 282 g/mol. The number of hydrogen-bond donors (Lipinski definition) is 1.